The van der Waals surface area contributed by atoms with E-state index in [-0.39, 0.29) is 6.04 Å². The molecule has 1 aromatic heterocycles. The van der Waals surface area contributed by atoms with E-state index in [2.05, 4.69) is 51.7 Å². The third-order valence-electron chi connectivity index (χ3n) is 2.95. The first-order valence-corrected chi connectivity index (χ1v) is 8.06. The molecule has 0 radical (unpaired) electrons. The molecule has 1 unspecified atom stereocenters. The van der Waals surface area contributed by atoms with Gasteiger partial charge < -0.3 is 10.1 Å². The Morgan fingerprint density at radius 2 is 2.11 bits per heavy atom. The van der Waals surface area contributed by atoms with E-state index < -0.39 is 0 Å². The molecule has 102 valence electrons. The van der Waals surface area contributed by atoms with Crippen molar-refractivity contribution in [3.8, 4) is 5.75 Å². The van der Waals surface area contributed by atoms with Gasteiger partial charge in [0.05, 0.1) is 6.61 Å². The number of halogens is 1. The highest BCUT2D eigenvalue weighted by Crippen LogP contribution is 2.27. The first-order valence-electron chi connectivity index (χ1n) is 6.39. The molecule has 4 heteroatoms. The number of rotatable bonds is 6. The van der Waals surface area contributed by atoms with Gasteiger partial charge in [0, 0.05) is 27.5 Å². The van der Waals surface area contributed by atoms with Gasteiger partial charge in [0.25, 0.3) is 0 Å². The van der Waals surface area contributed by atoms with Crippen LogP contribution in [0, 0.1) is 0 Å². The highest BCUT2D eigenvalue weighted by Gasteiger charge is 2.11. The highest BCUT2D eigenvalue weighted by molar-refractivity contribution is 9.10. The molecule has 0 fully saturated rings. The summed E-state index contributed by atoms with van der Waals surface area (Å²) in [6.45, 7) is 5.73. The van der Waals surface area contributed by atoms with Crippen LogP contribution in [0.15, 0.2) is 40.2 Å². The largest absolute Gasteiger partial charge is 0.494 e. The first kappa shape index (κ1) is 14.6. The smallest absolute Gasteiger partial charge is 0.124 e. The van der Waals surface area contributed by atoms with Gasteiger partial charge in [-0.1, -0.05) is 18.2 Å². The predicted octanol–water partition coefficient (Wildman–Crippen LogP) is 4.76. The Balaban J connectivity index is 2.03. The monoisotopic (exact) mass is 339 g/mol. The average Bonchev–Trinajstić information content (AvgIpc) is 2.82. The molecule has 0 aliphatic carbocycles. The summed E-state index contributed by atoms with van der Waals surface area (Å²) in [7, 11) is 0. The molecule has 2 nitrogen and oxygen atoms in total. The summed E-state index contributed by atoms with van der Waals surface area (Å²) < 4.78 is 6.85. The van der Waals surface area contributed by atoms with Crippen LogP contribution in [0.4, 0.5) is 0 Å². The quantitative estimate of drug-likeness (QED) is 0.819. The van der Waals surface area contributed by atoms with E-state index in [0.29, 0.717) is 6.61 Å². The molecular formula is C15H18BrNOS. The first-order chi connectivity index (χ1) is 9.22. The van der Waals surface area contributed by atoms with Gasteiger partial charge in [-0.15, -0.1) is 11.3 Å². The Bertz CT molecular complexity index is 526. The standard InChI is InChI=1S/C15H18BrNOS/c1-3-18-14-7-5-4-6-12(14)11(2)17-10-15-13(16)8-9-19-15/h4-9,11,17H,3,10H2,1-2H3. The van der Waals surface area contributed by atoms with Gasteiger partial charge in [-0.2, -0.15) is 0 Å². The maximum absolute atomic E-state index is 5.67. The average molecular weight is 340 g/mol. The number of thiophene rings is 1. The van der Waals surface area contributed by atoms with Gasteiger partial charge in [0.1, 0.15) is 5.75 Å². The molecule has 0 aliphatic rings. The van der Waals surface area contributed by atoms with Crippen LogP contribution >= 0.6 is 27.3 Å². The molecule has 2 rings (SSSR count). The van der Waals surface area contributed by atoms with Crippen LogP contribution in [0.2, 0.25) is 0 Å². The van der Waals surface area contributed by atoms with E-state index in [0.717, 1.165) is 12.3 Å². The van der Waals surface area contributed by atoms with E-state index in [1.165, 1.54) is 14.9 Å². The van der Waals surface area contributed by atoms with Gasteiger partial charge in [0.2, 0.25) is 0 Å². The summed E-state index contributed by atoms with van der Waals surface area (Å²) >= 11 is 5.32. The van der Waals surface area contributed by atoms with Gasteiger partial charge in [0.15, 0.2) is 0 Å². The molecular weight excluding hydrogens is 322 g/mol. The molecule has 2 aromatic rings. The van der Waals surface area contributed by atoms with E-state index in [1.807, 2.05) is 19.1 Å². The molecule has 0 saturated heterocycles. The number of para-hydroxylation sites is 1. The maximum atomic E-state index is 5.67. The fourth-order valence-electron chi connectivity index (χ4n) is 1.93. The fraction of sp³-hybridized carbons (Fsp3) is 0.333. The highest BCUT2D eigenvalue weighted by atomic mass is 79.9. The minimum atomic E-state index is 0.261. The van der Waals surface area contributed by atoms with Crippen molar-refractivity contribution in [1.82, 2.24) is 5.32 Å². The lowest BCUT2D eigenvalue weighted by molar-refractivity contribution is 0.332. The van der Waals surface area contributed by atoms with Gasteiger partial charge in [-0.3, -0.25) is 0 Å². The lowest BCUT2D eigenvalue weighted by Crippen LogP contribution is -2.18. The van der Waals surface area contributed by atoms with Crippen molar-refractivity contribution in [2.24, 2.45) is 0 Å². The maximum Gasteiger partial charge on any atom is 0.124 e. The Morgan fingerprint density at radius 1 is 1.32 bits per heavy atom. The van der Waals surface area contributed by atoms with Crippen LogP contribution < -0.4 is 10.1 Å². The van der Waals surface area contributed by atoms with Crippen molar-refractivity contribution in [1.29, 1.82) is 0 Å². The zero-order valence-corrected chi connectivity index (χ0v) is 13.6. The van der Waals surface area contributed by atoms with Crippen LogP contribution in [0.25, 0.3) is 0 Å². The van der Waals surface area contributed by atoms with Gasteiger partial charge in [-0.25, -0.2) is 0 Å². The van der Waals surface area contributed by atoms with E-state index in [4.69, 9.17) is 4.74 Å². The molecule has 0 saturated carbocycles. The third-order valence-corrected chi connectivity index (χ3v) is 4.87. The van der Waals surface area contributed by atoms with Gasteiger partial charge in [-0.05, 0) is 47.3 Å². The van der Waals surface area contributed by atoms with E-state index in [9.17, 15) is 0 Å². The number of hydrogen-bond donors (Lipinski definition) is 1. The number of ether oxygens (including phenoxy) is 1. The Hall–Kier alpha value is -0.840. The van der Waals surface area contributed by atoms with Crippen LogP contribution in [0.1, 0.15) is 30.3 Å². The van der Waals surface area contributed by atoms with Crippen LogP contribution in [-0.2, 0) is 6.54 Å². The lowest BCUT2D eigenvalue weighted by Gasteiger charge is -2.17. The normalized spacial score (nSPS) is 12.4. The van der Waals surface area contributed by atoms with Crippen molar-refractivity contribution in [2.45, 2.75) is 26.4 Å². The van der Waals surface area contributed by atoms with Gasteiger partial charge >= 0.3 is 0 Å². The summed E-state index contributed by atoms with van der Waals surface area (Å²) in [6, 6.07) is 10.6. The summed E-state index contributed by atoms with van der Waals surface area (Å²) in [5.74, 6) is 0.968. The van der Waals surface area contributed by atoms with E-state index in [1.54, 1.807) is 11.3 Å². The van der Waals surface area contributed by atoms with Crippen LogP contribution in [-0.4, -0.2) is 6.61 Å². The molecule has 1 aromatic carbocycles. The molecule has 0 amide bonds. The molecule has 1 heterocycles. The molecule has 0 spiro atoms. The minimum absolute atomic E-state index is 0.261. The lowest BCUT2D eigenvalue weighted by atomic mass is 10.1. The Kier molecular flexibility index (Phi) is 5.43. The van der Waals surface area contributed by atoms with Crippen molar-refractivity contribution in [2.75, 3.05) is 6.61 Å². The van der Waals surface area contributed by atoms with Crippen LogP contribution in [0.5, 0.6) is 5.75 Å². The van der Waals surface area contributed by atoms with Crippen molar-refractivity contribution in [3.05, 3.63) is 50.6 Å². The van der Waals surface area contributed by atoms with Crippen molar-refractivity contribution in [3.63, 3.8) is 0 Å². The summed E-state index contributed by atoms with van der Waals surface area (Å²) in [5, 5.41) is 5.64. The number of benzene rings is 1. The van der Waals surface area contributed by atoms with Crippen LogP contribution in [0.3, 0.4) is 0 Å². The fourth-order valence-corrected chi connectivity index (χ4v) is 3.38. The predicted molar refractivity (Wildman–Crippen MR) is 84.9 cm³/mol. The molecule has 0 bridgehead atoms. The number of nitrogens with one attached hydrogen (secondary N) is 1. The zero-order valence-electron chi connectivity index (χ0n) is 11.2. The van der Waals surface area contributed by atoms with E-state index >= 15 is 0 Å². The molecule has 1 atom stereocenters. The SMILES string of the molecule is CCOc1ccccc1C(C)NCc1sccc1Br. The zero-order chi connectivity index (χ0) is 13.7. The molecule has 1 N–H and O–H groups in total. The second kappa shape index (κ2) is 7.08. The number of hydrogen-bond acceptors (Lipinski definition) is 3. The Morgan fingerprint density at radius 3 is 2.79 bits per heavy atom. The second-order valence-corrected chi connectivity index (χ2v) is 6.12. The molecule has 0 aliphatic heterocycles. The second-order valence-electron chi connectivity index (χ2n) is 4.27. The minimum Gasteiger partial charge on any atom is -0.494 e. The third kappa shape index (κ3) is 3.81. The Labute approximate surface area is 126 Å². The topological polar surface area (TPSA) is 21.3 Å². The summed E-state index contributed by atoms with van der Waals surface area (Å²) in [5.41, 5.74) is 1.21. The summed E-state index contributed by atoms with van der Waals surface area (Å²) in [4.78, 5) is 1.32. The van der Waals surface area contributed by atoms with Crippen molar-refractivity contribution >= 4 is 27.3 Å². The van der Waals surface area contributed by atoms with Crippen molar-refractivity contribution < 1.29 is 4.74 Å². The molecule has 19 heavy (non-hydrogen) atoms. The summed E-state index contributed by atoms with van der Waals surface area (Å²) in [6.07, 6.45) is 0.